The highest BCUT2D eigenvalue weighted by molar-refractivity contribution is 7.89. The van der Waals surface area contributed by atoms with Crippen molar-refractivity contribution in [3.8, 4) is 0 Å². The van der Waals surface area contributed by atoms with E-state index in [2.05, 4.69) is 10.0 Å². The maximum atomic E-state index is 11.4. The minimum Gasteiger partial charge on any atom is -0.398 e. The van der Waals surface area contributed by atoms with Gasteiger partial charge in [-0.05, 0) is 25.1 Å². The molecule has 0 fully saturated rings. The number of Topliss-reactive ketones (excluding diaryl/α,β-unsaturated/α-hetero) is 1. The largest absolute Gasteiger partial charge is 0.398 e. The van der Waals surface area contributed by atoms with Crippen LogP contribution < -0.4 is 15.8 Å². The quantitative estimate of drug-likeness (QED) is 0.508. The van der Waals surface area contributed by atoms with Crippen LogP contribution in [-0.4, -0.2) is 33.0 Å². The predicted octanol–water partition coefficient (Wildman–Crippen LogP) is 0.823. The number of anilines is 2. The van der Waals surface area contributed by atoms with Gasteiger partial charge in [0.15, 0.2) is 5.78 Å². The molecule has 4 N–H and O–H groups in total. The highest BCUT2D eigenvalue weighted by Crippen LogP contribution is 2.18. The van der Waals surface area contributed by atoms with Crippen molar-refractivity contribution >= 4 is 27.2 Å². The zero-order valence-electron chi connectivity index (χ0n) is 11.1. The molecule has 0 aromatic heterocycles. The number of nitrogens with one attached hydrogen (secondary N) is 2. The molecule has 19 heavy (non-hydrogen) atoms. The molecule has 0 saturated heterocycles. The van der Waals surface area contributed by atoms with Gasteiger partial charge in [0.25, 0.3) is 0 Å². The van der Waals surface area contributed by atoms with Gasteiger partial charge in [-0.3, -0.25) is 4.79 Å². The third kappa shape index (κ3) is 4.88. The second-order valence-corrected chi connectivity index (χ2v) is 6.03. The second-order valence-electron chi connectivity index (χ2n) is 4.10. The van der Waals surface area contributed by atoms with E-state index >= 15 is 0 Å². The molecule has 0 unspecified atom stereocenters. The SMILES string of the molecule is CCNS(=O)(=O)CCNc1ccc(C(C)=O)c(N)c1. The van der Waals surface area contributed by atoms with Crippen molar-refractivity contribution < 1.29 is 13.2 Å². The third-order valence-corrected chi connectivity index (χ3v) is 3.97. The van der Waals surface area contributed by atoms with Crippen LogP contribution >= 0.6 is 0 Å². The number of ketones is 1. The first kappa shape index (κ1) is 15.5. The highest BCUT2D eigenvalue weighted by Gasteiger charge is 2.08. The zero-order chi connectivity index (χ0) is 14.5. The summed E-state index contributed by atoms with van der Waals surface area (Å²) in [5.41, 5.74) is 7.27. The van der Waals surface area contributed by atoms with E-state index in [1.165, 1.54) is 6.92 Å². The molecule has 0 amide bonds. The Labute approximate surface area is 113 Å². The molecule has 0 aliphatic carbocycles. The van der Waals surface area contributed by atoms with Crippen molar-refractivity contribution in [1.82, 2.24) is 4.72 Å². The Hall–Kier alpha value is -1.60. The first-order valence-electron chi connectivity index (χ1n) is 5.97. The molecule has 7 heteroatoms. The summed E-state index contributed by atoms with van der Waals surface area (Å²) in [6, 6.07) is 4.95. The minimum absolute atomic E-state index is 0.0186. The van der Waals surface area contributed by atoms with Crippen molar-refractivity contribution in [2.45, 2.75) is 13.8 Å². The van der Waals surface area contributed by atoms with E-state index in [9.17, 15) is 13.2 Å². The second kappa shape index (κ2) is 6.53. The van der Waals surface area contributed by atoms with E-state index in [-0.39, 0.29) is 18.1 Å². The molecule has 1 rings (SSSR count). The monoisotopic (exact) mass is 285 g/mol. The number of hydrogen-bond donors (Lipinski definition) is 3. The first-order valence-corrected chi connectivity index (χ1v) is 7.62. The van der Waals surface area contributed by atoms with E-state index in [1.54, 1.807) is 25.1 Å². The molecule has 6 nitrogen and oxygen atoms in total. The van der Waals surface area contributed by atoms with Gasteiger partial charge in [-0.1, -0.05) is 6.92 Å². The number of benzene rings is 1. The van der Waals surface area contributed by atoms with Crippen LogP contribution in [0.15, 0.2) is 18.2 Å². The van der Waals surface area contributed by atoms with Crippen molar-refractivity contribution in [3.05, 3.63) is 23.8 Å². The van der Waals surface area contributed by atoms with Crippen molar-refractivity contribution in [2.75, 3.05) is 29.9 Å². The number of nitrogens with two attached hydrogens (primary N) is 1. The van der Waals surface area contributed by atoms with Crippen LogP contribution in [0.5, 0.6) is 0 Å². The van der Waals surface area contributed by atoms with E-state index in [0.717, 1.165) is 0 Å². The Kier molecular flexibility index (Phi) is 5.31. The number of carbonyl (C=O) groups is 1. The summed E-state index contributed by atoms with van der Waals surface area (Å²) in [6.07, 6.45) is 0. The van der Waals surface area contributed by atoms with Gasteiger partial charge >= 0.3 is 0 Å². The first-order chi connectivity index (χ1) is 8.85. The van der Waals surface area contributed by atoms with Crippen LogP contribution in [0.4, 0.5) is 11.4 Å². The molecular formula is C12H19N3O3S. The van der Waals surface area contributed by atoms with Gasteiger partial charge in [0.1, 0.15) is 0 Å². The lowest BCUT2D eigenvalue weighted by Gasteiger charge is -2.09. The molecule has 0 atom stereocenters. The summed E-state index contributed by atoms with van der Waals surface area (Å²) in [5, 5.41) is 2.96. The van der Waals surface area contributed by atoms with Crippen molar-refractivity contribution in [3.63, 3.8) is 0 Å². The maximum Gasteiger partial charge on any atom is 0.213 e. The summed E-state index contributed by atoms with van der Waals surface area (Å²) in [6.45, 7) is 3.82. The lowest BCUT2D eigenvalue weighted by Crippen LogP contribution is -2.29. The minimum atomic E-state index is -3.23. The summed E-state index contributed by atoms with van der Waals surface area (Å²) in [7, 11) is -3.23. The van der Waals surface area contributed by atoms with Crippen LogP contribution in [0.2, 0.25) is 0 Å². The fraction of sp³-hybridized carbons (Fsp3) is 0.417. The summed E-state index contributed by atoms with van der Waals surface area (Å²) < 4.78 is 25.2. The normalized spacial score (nSPS) is 11.3. The molecule has 1 aromatic rings. The maximum absolute atomic E-state index is 11.4. The van der Waals surface area contributed by atoms with Crippen molar-refractivity contribution in [1.29, 1.82) is 0 Å². The number of hydrogen-bond acceptors (Lipinski definition) is 5. The van der Waals surface area contributed by atoms with Crippen LogP contribution in [0.25, 0.3) is 0 Å². The van der Waals surface area contributed by atoms with Crippen molar-refractivity contribution in [2.24, 2.45) is 0 Å². The van der Waals surface area contributed by atoms with Crippen LogP contribution in [0.1, 0.15) is 24.2 Å². The summed E-state index contributed by atoms with van der Waals surface area (Å²) in [5.74, 6) is -0.117. The molecule has 0 aliphatic heterocycles. The molecule has 0 bridgehead atoms. The average molecular weight is 285 g/mol. The molecule has 0 aliphatic rings. The zero-order valence-corrected chi connectivity index (χ0v) is 11.9. The third-order valence-electron chi connectivity index (χ3n) is 2.50. The van der Waals surface area contributed by atoms with Gasteiger partial charge in [0.05, 0.1) is 5.75 Å². The number of carbonyl (C=O) groups excluding carboxylic acids is 1. The Bertz CT molecular complexity index is 555. The molecule has 0 saturated carbocycles. The van der Waals surface area contributed by atoms with Gasteiger partial charge < -0.3 is 11.1 Å². The molecular weight excluding hydrogens is 266 g/mol. The number of sulfonamides is 1. The predicted molar refractivity (Wildman–Crippen MR) is 76.8 cm³/mol. The van der Waals surface area contributed by atoms with E-state index in [4.69, 9.17) is 5.73 Å². The molecule has 0 heterocycles. The average Bonchev–Trinajstić information content (AvgIpc) is 2.28. The van der Waals surface area contributed by atoms with Gasteiger partial charge in [-0.25, -0.2) is 13.1 Å². The van der Waals surface area contributed by atoms with Gasteiger partial charge in [-0.15, -0.1) is 0 Å². The van der Waals surface area contributed by atoms with Crippen LogP contribution in [0, 0.1) is 0 Å². The van der Waals surface area contributed by atoms with Crippen LogP contribution in [-0.2, 0) is 10.0 Å². The molecule has 0 radical (unpaired) electrons. The Balaban J connectivity index is 2.60. The Morgan fingerprint density at radius 1 is 1.37 bits per heavy atom. The smallest absolute Gasteiger partial charge is 0.213 e. The van der Waals surface area contributed by atoms with Gasteiger partial charge in [-0.2, -0.15) is 0 Å². The van der Waals surface area contributed by atoms with Gasteiger partial charge in [0.2, 0.25) is 10.0 Å². The number of nitrogen functional groups attached to an aromatic ring is 1. The highest BCUT2D eigenvalue weighted by atomic mass is 32.2. The summed E-state index contributed by atoms with van der Waals surface area (Å²) >= 11 is 0. The van der Waals surface area contributed by atoms with E-state index in [0.29, 0.717) is 23.5 Å². The van der Waals surface area contributed by atoms with Crippen LogP contribution in [0.3, 0.4) is 0 Å². The fourth-order valence-electron chi connectivity index (χ4n) is 1.62. The Morgan fingerprint density at radius 3 is 2.58 bits per heavy atom. The Morgan fingerprint density at radius 2 is 2.05 bits per heavy atom. The topological polar surface area (TPSA) is 101 Å². The van der Waals surface area contributed by atoms with E-state index < -0.39 is 10.0 Å². The fourth-order valence-corrected chi connectivity index (χ4v) is 2.57. The molecule has 106 valence electrons. The molecule has 1 aromatic carbocycles. The standard InChI is InChI=1S/C12H19N3O3S/c1-3-15-19(17,18)7-6-14-10-4-5-11(9(2)16)12(13)8-10/h4-5,8,14-15H,3,6-7,13H2,1-2H3. The van der Waals surface area contributed by atoms with Gasteiger partial charge in [0, 0.05) is 30.0 Å². The molecule has 0 spiro atoms. The lowest BCUT2D eigenvalue weighted by molar-refractivity contribution is 0.101. The summed E-state index contributed by atoms with van der Waals surface area (Å²) in [4.78, 5) is 11.2. The lowest BCUT2D eigenvalue weighted by atomic mass is 10.1. The number of rotatable bonds is 7. The van der Waals surface area contributed by atoms with E-state index in [1.807, 2.05) is 0 Å².